The number of hydrogen-bond acceptors (Lipinski definition) is 5. The Balaban J connectivity index is 1.74. The summed E-state index contributed by atoms with van der Waals surface area (Å²) in [5, 5.41) is -2.74. The number of likely N-dealkylation sites (tertiary alicyclic amines) is 1. The summed E-state index contributed by atoms with van der Waals surface area (Å²) in [5.41, 5.74) is -10.5. The number of ether oxygens (including phenoxy) is 1. The Hall–Kier alpha value is -4.52. The predicted molar refractivity (Wildman–Crippen MR) is 198 cm³/mol. The molecule has 1 aliphatic heterocycles. The lowest BCUT2D eigenvalue weighted by atomic mass is 10.00. The van der Waals surface area contributed by atoms with Crippen LogP contribution >= 0.6 is 11.8 Å². The van der Waals surface area contributed by atoms with Gasteiger partial charge in [0.15, 0.2) is 17.1 Å². The molecular weight excluding hydrogens is 710 g/mol. The number of hydrogen-bond donors (Lipinski definition) is 0. The first-order chi connectivity index (χ1) is 34.6. The number of rotatable bonds is 12. The second-order valence-electron chi connectivity index (χ2n) is 10.8. The molecule has 0 bridgehead atoms. The predicted octanol–water partition coefficient (Wildman–Crippen LogP) is 8.71. The van der Waals surface area contributed by atoms with Crippen molar-refractivity contribution in [2.45, 2.75) is 55.6 Å². The van der Waals surface area contributed by atoms with E-state index in [1.807, 2.05) is 0 Å². The van der Waals surface area contributed by atoms with Crippen molar-refractivity contribution in [2.75, 3.05) is 33.1 Å². The van der Waals surface area contributed by atoms with Crippen LogP contribution in [0.5, 0.6) is 0 Å². The van der Waals surface area contributed by atoms with Crippen LogP contribution in [-0.2, 0) is 34.4 Å². The van der Waals surface area contributed by atoms with E-state index < -0.39 is 184 Å². The van der Waals surface area contributed by atoms with Crippen molar-refractivity contribution in [1.29, 1.82) is 0 Å². The van der Waals surface area contributed by atoms with Gasteiger partial charge in [0.05, 0.1) is 41.9 Å². The van der Waals surface area contributed by atoms with Gasteiger partial charge in [0.25, 0.3) is 0 Å². The monoisotopic (exact) mass is 773 g/mol. The third-order valence-electron chi connectivity index (χ3n) is 7.22. The van der Waals surface area contributed by atoms with Gasteiger partial charge in [-0.25, -0.2) is 8.78 Å². The maximum atomic E-state index is 15.9. The Morgan fingerprint density at radius 3 is 2.43 bits per heavy atom. The summed E-state index contributed by atoms with van der Waals surface area (Å²) in [7, 11) is -3.68. The SMILES string of the molecule is [2H]c1c(C)c([2H])c2c(c1[2H])c(=O)c([2H])c(SC([2H])([2H])c1cccc(F)c1F)n2C([2H])([2H])C(=O)N(C([2H])([2H])c1ccc(-c2ccc(C(F)(F)F)cc2)cc1)C1([2H])C([2H])([2H])C([2H])([2H])N(CC([2H])([2H])OC([2H])([2H])[2H])C([2H])([2H])C1([2H])[2H]. The van der Waals surface area contributed by atoms with E-state index >= 15 is 9.18 Å². The molecule has 0 atom stereocenters. The summed E-state index contributed by atoms with van der Waals surface area (Å²) in [6, 6.07) is -1.23. The van der Waals surface area contributed by atoms with E-state index in [9.17, 15) is 34.7 Å². The number of benzene rings is 4. The summed E-state index contributed by atoms with van der Waals surface area (Å²) in [4.78, 5) is 28.4. The van der Waals surface area contributed by atoms with Crippen molar-refractivity contribution in [3.63, 3.8) is 0 Å². The smallest absolute Gasteiger partial charge is 0.383 e. The first-order valence-corrected chi connectivity index (χ1v) is 15.8. The highest BCUT2D eigenvalue weighted by Crippen LogP contribution is 2.32. The average molecular weight is 774 g/mol. The number of nitrogens with zero attached hydrogens (tertiary/aromatic N) is 3. The Morgan fingerprint density at radius 1 is 1.06 bits per heavy atom. The summed E-state index contributed by atoms with van der Waals surface area (Å²) in [6.45, 7) is -22.7. The van der Waals surface area contributed by atoms with Crippen LogP contribution < -0.4 is 5.43 Å². The third kappa shape index (κ3) is 9.17. The molecule has 4 aromatic carbocycles. The summed E-state index contributed by atoms with van der Waals surface area (Å²) >= 11 is -0.532. The first kappa shape index (κ1) is 18.2. The lowest BCUT2D eigenvalue weighted by Gasteiger charge is -2.39. The molecule has 1 amide bonds. The largest absolute Gasteiger partial charge is 0.416 e. The number of carbonyl (C=O) groups is 1. The Morgan fingerprint density at radius 2 is 1.75 bits per heavy atom. The number of alkyl halides is 3. The van der Waals surface area contributed by atoms with Gasteiger partial charge in [0.2, 0.25) is 5.91 Å². The van der Waals surface area contributed by atoms with Gasteiger partial charge in [-0.3, -0.25) is 9.59 Å². The van der Waals surface area contributed by atoms with Crippen molar-refractivity contribution >= 4 is 28.6 Å². The zero-order valence-corrected chi connectivity index (χ0v) is 27.7. The van der Waals surface area contributed by atoms with Gasteiger partial charge in [0, 0.05) is 75.5 Å². The molecule has 0 aliphatic carbocycles. The second-order valence-corrected chi connectivity index (χ2v) is 11.6. The molecule has 1 aliphatic rings. The summed E-state index contributed by atoms with van der Waals surface area (Å²) in [6.07, 6.45) is -14.3. The average Bonchev–Trinajstić information content (AvgIpc) is 3.29. The minimum absolute atomic E-state index is 0.0144. The van der Waals surface area contributed by atoms with Crippen LogP contribution in [-0.4, -0.2) is 59.4 Å². The molecule has 12 heteroatoms. The van der Waals surface area contributed by atoms with Crippen LogP contribution in [0.15, 0.2) is 101 Å². The van der Waals surface area contributed by atoms with Crippen molar-refractivity contribution in [3.8, 4) is 11.1 Å². The van der Waals surface area contributed by atoms with E-state index in [0.29, 0.717) is 36.4 Å². The molecule has 0 spiro atoms. The maximum Gasteiger partial charge on any atom is 0.416 e. The van der Waals surface area contributed by atoms with Gasteiger partial charge in [-0.2, -0.15) is 13.2 Å². The van der Waals surface area contributed by atoms with Gasteiger partial charge in [0.1, 0.15) is 6.50 Å². The second kappa shape index (κ2) is 16.7. The molecule has 0 radical (unpaired) electrons. The van der Waals surface area contributed by atoms with E-state index in [2.05, 4.69) is 4.74 Å². The van der Waals surface area contributed by atoms with E-state index in [4.69, 9.17) is 20.6 Å². The normalized spacial score (nSPS) is 26.5. The van der Waals surface area contributed by atoms with Gasteiger partial charge in [-0.05, 0) is 72.2 Å². The molecule has 1 fully saturated rings. The summed E-state index contributed by atoms with van der Waals surface area (Å²) in [5.74, 6) is -6.38. The molecule has 0 unspecified atom stereocenters. The number of halogens is 5. The number of thioether (sulfide) groups is 1. The molecule has 2 heterocycles. The van der Waals surface area contributed by atoms with E-state index in [-0.39, 0.29) is 15.7 Å². The number of piperidine rings is 1. The van der Waals surface area contributed by atoms with Gasteiger partial charge in [-0.15, -0.1) is 11.8 Å². The number of methoxy groups -OCH3 is 1. The van der Waals surface area contributed by atoms with E-state index in [1.54, 1.807) is 0 Å². The highest BCUT2D eigenvalue weighted by Gasteiger charge is 2.31. The van der Waals surface area contributed by atoms with Crippen LogP contribution in [0.3, 0.4) is 0 Å². The lowest BCUT2D eigenvalue weighted by Crippen LogP contribution is -2.48. The Kier molecular flexibility index (Phi) is 5.72. The zero-order valence-electron chi connectivity index (χ0n) is 50.9. The fourth-order valence-electron chi connectivity index (χ4n) is 4.66. The molecule has 1 saturated heterocycles. The molecule has 6 rings (SSSR count). The molecule has 53 heavy (non-hydrogen) atoms. The third-order valence-corrected chi connectivity index (χ3v) is 8.02. The van der Waals surface area contributed by atoms with E-state index in [0.717, 1.165) is 37.3 Å². The molecular formula is C41H40F5N3O3S. The molecule has 5 aromatic rings. The van der Waals surface area contributed by atoms with Crippen LogP contribution in [0, 0.1) is 18.6 Å². The molecule has 278 valence electrons. The molecule has 6 nitrogen and oxygen atoms in total. The minimum Gasteiger partial charge on any atom is -0.383 e. The van der Waals surface area contributed by atoms with Gasteiger partial charge in [-0.1, -0.05) is 54.6 Å². The van der Waals surface area contributed by atoms with Crippen LogP contribution in [0.2, 0.25) is 0 Å². The number of amides is 1. The molecule has 0 N–H and O–H groups in total. The van der Waals surface area contributed by atoms with Crippen LogP contribution in [0.25, 0.3) is 22.0 Å². The van der Waals surface area contributed by atoms with E-state index in [1.165, 1.54) is 0 Å². The maximum absolute atomic E-state index is 15.9. The highest BCUT2D eigenvalue weighted by atomic mass is 32.2. The minimum atomic E-state index is -4.97. The molecule has 1 aromatic heterocycles. The number of carbonyl (C=O) groups excluding carboxylic acids is 1. The first-order valence-electron chi connectivity index (χ1n) is 27.0. The zero-order chi connectivity index (χ0) is 58.9. The quantitative estimate of drug-likeness (QED) is 0.0939. The topological polar surface area (TPSA) is 54.8 Å². The highest BCUT2D eigenvalue weighted by molar-refractivity contribution is 7.98. The lowest BCUT2D eigenvalue weighted by molar-refractivity contribution is -0.137. The van der Waals surface area contributed by atoms with Crippen LogP contribution in [0.4, 0.5) is 22.0 Å². The number of pyridine rings is 1. The standard InChI is InChI=1S/C41H40F5N3O3S/c1-27-6-15-34-36(22-27)49(39(23-37(34)50)53-26-31-4-3-5-35(42)40(31)43)25-38(51)48(33-16-18-47(19-17-33)20-21-52-2)24-28-7-9-29(10-8-28)30-11-13-32(14-12-30)41(44,45)46/h3-15,22-23,33H,16-21,24-26H2,1-2H3/i2D3,6D,15D,16D2,17D2,18D2,19D2,21D2,22D,23D,24D2,25D2,26D2,33D. The Bertz CT molecular complexity index is 3200. The van der Waals surface area contributed by atoms with Gasteiger partial charge < -0.3 is 19.1 Å². The van der Waals surface area contributed by atoms with Crippen molar-refractivity contribution in [1.82, 2.24) is 14.4 Å². The van der Waals surface area contributed by atoms with Crippen molar-refractivity contribution in [2.24, 2.45) is 0 Å². The Labute approximate surface area is 342 Å². The fraction of sp³-hybridized carbons (Fsp3) is 0.317. The summed E-state index contributed by atoms with van der Waals surface area (Å²) < 4.78 is 287. The number of fused-ring (bicyclic) bond motifs is 1. The number of aromatic nitrogens is 1. The van der Waals surface area contributed by atoms with Crippen LogP contribution in [0.1, 0.15) is 67.9 Å². The fourth-order valence-corrected chi connectivity index (χ4v) is 5.40. The molecule has 0 saturated carbocycles. The van der Waals surface area contributed by atoms with Crippen molar-refractivity contribution in [3.05, 3.63) is 135 Å². The van der Waals surface area contributed by atoms with Crippen molar-refractivity contribution < 1.29 is 64.4 Å². The van der Waals surface area contributed by atoms with Gasteiger partial charge >= 0.3 is 6.18 Å².